The van der Waals surface area contributed by atoms with E-state index in [9.17, 15) is 14.9 Å². The van der Waals surface area contributed by atoms with Crippen molar-refractivity contribution in [3.05, 3.63) is 34.2 Å². The van der Waals surface area contributed by atoms with Crippen molar-refractivity contribution in [1.29, 1.82) is 5.26 Å². The quantitative estimate of drug-likeness (QED) is 0.474. The molecule has 1 N–H and O–H groups in total. The monoisotopic (exact) mass is 357 g/mol. The van der Waals surface area contributed by atoms with Crippen LogP contribution < -0.4 is 5.32 Å². The van der Waals surface area contributed by atoms with Crippen molar-refractivity contribution in [2.24, 2.45) is 0 Å². The van der Waals surface area contributed by atoms with Gasteiger partial charge in [0.15, 0.2) is 5.57 Å². The SMILES string of the molecule is CCOC(=O)/C(C#N)=C(/C)Nc1nc2c(cc1C(=O)OCC)CCCC2. The van der Waals surface area contributed by atoms with Crippen molar-refractivity contribution in [3.8, 4) is 6.07 Å². The molecule has 0 saturated carbocycles. The number of esters is 2. The minimum Gasteiger partial charge on any atom is -0.462 e. The first kappa shape index (κ1) is 19.4. The Morgan fingerprint density at radius 1 is 1.23 bits per heavy atom. The number of nitrogens with zero attached hydrogens (tertiary/aromatic N) is 2. The second-order valence-electron chi connectivity index (χ2n) is 5.88. The Kier molecular flexibility index (Phi) is 6.73. The first-order valence-corrected chi connectivity index (χ1v) is 8.76. The number of pyridine rings is 1. The number of allylic oxidation sites excluding steroid dienone is 1. The van der Waals surface area contributed by atoms with Gasteiger partial charge in [-0.15, -0.1) is 0 Å². The van der Waals surface area contributed by atoms with Crippen LogP contribution >= 0.6 is 0 Å². The molecule has 2 rings (SSSR count). The molecule has 0 spiro atoms. The molecule has 0 atom stereocenters. The molecular formula is C19H23N3O4. The highest BCUT2D eigenvalue weighted by atomic mass is 16.5. The van der Waals surface area contributed by atoms with Crippen molar-refractivity contribution >= 4 is 17.8 Å². The summed E-state index contributed by atoms with van der Waals surface area (Å²) in [6.45, 7) is 5.39. The highest BCUT2D eigenvalue weighted by Crippen LogP contribution is 2.26. The summed E-state index contributed by atoms with van der Waals surface area (Å²) < 4.78 is 10.0. The number of anilines is 1. The maximum absolute atomic E-state index is 12.3. The highest BCUT2D eigenvalue weighted by Gasteiger charge is 2.22. The van der Waals surface area contributed by atoms with Gasteiger partial charge < -0.3 is 14.8 Å². The molecule has 1 aromatic heterocycles. The number of rotatable bonds is 6. The average Bonchev–Trinajstić information content (AvgIpc) is 2.62. The fourth-order valence-corrected chi connectivity index (χ4v) is 2.82. The Bertz CT molecular complexity index is 778. The van der Waals surface area contributed by atoms with E-state index in [4.69, 9.17) is 9.47 Å². The van der Waals surface area contributed by atoms with Crippen LogP contribution in [0.25, 0.3) is 0 Å². The smallest absolute Gasteiger partial charge is 0.350 e. The Labute approximate surface area is 153 Å². The fourth-order valence-electron chi connectivity index (χ4n) is 2.82. The maximum atomic E-state index is 12.3. The molecule has 1 aliphatic rings. The van der Waals surface area contributed by atoms with Crippen LogP contribution in [0.1, 0.15) is 55.2 Å². The molecule has 0 aromatic carbocycles. The zero-order valence-corrected chi connectivity index (χ0v) is 15.3. The van der Waals surface area contributed by atoms with Gasteiger partial charge in [0, 0.05) is 11.4 Å². The van der Waals surface area contributed by atoms with Crippen LogP contribution in [0.5, 0.6) is 0 Å². The Hall–Kier alpha value is -2.88. The molecule has 7 heteroatoms. The van der Waals surface area contributed by atoms with Gasteiger partial charge in [-0.25, -0.2) is 14.6 Å². The van der Waals surface area contributed by atoms with E-state index in [1.807, 2.05) is 6.07 Å². The third kappa shape index (κ3) is 4.39. The van der Waals surface area contributed by atoms with Crippen LogP contribution in [0.15, 0.2) is 17.3 Å². The number of nitriles is 1. The molecule has 26 heavy (non-hydrogen) atoms. The minimum atomic E-state index is -0.712. The molecule has 1 aliphatic carbocycles. The van der Waals surface area contributed by atoms with E-state index in [2.05, 4.69) is 10.3 Å². The summed E-state index contributed by atoms with van der Waals surface area (Å²) >= 11 is 0. The van der Waals surface area contributed by atoms with Gasteiger partial charge in [-0.3, -0.25) is 0 Å². The van der Waals surface area contributed by atoms with Crippen LogP contribution in [-0.2, 0) is 27.1 Å². The molecule has 0 amide bonds. The summed E-state index contributed by atoms with van der Waals surface area (Å²) in [7, 11) is 0. The molecule has 0 bridgehead atoms. The van der Waals surface area contributed by atoms with Crippen molar-refractivity contribution in [2.45, 2.75) is 46.5 Å². The standard InChI is InChI=1S/C19H23N3O4/c1-4-25-18(23)14-10-13-8-6-7-9-16(13)22-17(14)21-12(3)15(11-20)19(24)26-5-2/h10H,4-9H2,1-3H3,(H,21,22)/b15-12-. The number of hydrogen-bond acceptors (Lipinski definition) is 7. The molecule has 0 aliphatic heterocycles. The molecule has 0 saturated heterocycles. The predicted octanol–water partition coefficient (Wildman–Crippen LogP) is 2.91. The summed E-state index contributed by atoms with van der Waals surface area (Å²) in [6, 6.07) is 3.64. The lowest BCUT2D eigenvalue weighted by Gasteiger charge is -2.19. The van der Waals surface area contributed by atoms with E-state index in [0.717, 1.165) is 36.9 Å². The molecule has 0 unspecified atom stereocenters. The van der Waals surface area contributed by atoms with E-state index in [1.165, 1.54) is 0 Å². The number of nitrogens with one attached hydrogen (secondary N) is 1. The minimum absolute atomic E-state index is 0.152. The zero-order chi connectivity index (χ0) is 19.1. The third-order valence-corrected chi connectivity index (χ3v) is 4.07. The largest absolute Gasteiger partial charge is 0.462 e. The van der Waals surface area contributed by atoms with Crippen LogP contribution in [0.4, 0.5) is 5.82 Å². The fraction of sp³-hybridized carbons (Fsp3) is 0.474. The van der Waals surface area contributed by atoms with Gasteiger partial charge in [0.1, 0.15) is 17.5 Å². The third-order valence-electron chi connectivity index (χ3n) is 4.07. The van der Waals surface area contributed by atoms with Crippen LogP contribution in [0.2, 0.25) is 0 Å². The van der Waals surface area contributed by atoms with E-state index in [1.54, 1.807) is 26.8 Å². The maximum Gasteiger partial charge on any atom is 0.350 e. The average molecular weight is 357 g/mol. The number of hydrogen-bond donors (Lipinski definition) is 1. The first-order chi connectivity index (χ1) is 12.5. The predicted molar refractivity (Wildman–Crippen MR) is 95.4 cm³/mol. The van der Waals surface area contributed by atoms with Crippen LogP contribution in [0, 0.1) is 11.3 Å². The Morgan fingerprint density at radius 2 is 1.92 bits per heavy atom. The number of carbonyl (C=O) groups is 2. The number of aryl methyl sites for hydroxylation is 2. The summed E-state index contributed by atoms with van der Waals surface area (Å²) in [5, 5.41) is 12.2. The van der Waals surface area contributed by atoms with Gasteiger partial charge in [-0.1, -0.05) is 0 Å². The summed E-state index contributed by atoms with van der Waals surface area (Å²) in [5.74, 6) is -0.910. The van der Waals surface area contributed by atoms with E-state index < -0.39 is 11.9 Å². The van der Waals surface area contributed by atoms with Crippen molar-refractivity contribution in [3.63, 3.8) is 0 Å². The molecular weight excluding hydrogens is 334 g/mol. The first-order valence-electron chi connectivity index (χ1n) is 8.76. The molecule has 1 aromatic rings. The Morgan fingerprint density at radius 3 is 2.58 bits per heavy atom. The van der Waals surface area contributed by atoms with Crippen molar-refractivity contribution in [1.82, 2.24) is 4.98 Å². The van der Waals surface area contributed by atoms with Gasteiger partial charge in [0.25, 0.3) is 0 Å². The van der Waals surface area contributed by atoms with Crippen molar-refractivity contribution in [2.75, 3.05) is 18.5 Å². The second-order valence-corrected chi connectivity index (χ2v) is 5.88. The topological polar surface area (TPSA) is 101 Å². The lowest BCUT2D eigenvalue weighted by atomic mass is 9.94. The lowest BCUT2D eigenvalue weighted by molar-refractivity contribution is -0.138. The second kappa shape index (κ2) is 8.99. The molecule has 138 valence electrons. The van der Waals surface area contributed by atoms with Crippen molar-refractivity contribution < 1.29 is 19.1 Å². The van der Waals surface area contributed by atoms with Gasteiger partial charge in [-0.05, 0) is 58.1 Å². The van der Waals surface area contributed by atoms with Gasteiger partial charge >= 0.3 is 11.9 Å². The summed E-state index contributed by atoms with van der Waals surface area (Å²) in [6.07, 6.45) is 3.80. The number of ether oxygens (including phenoxy) is 2. The molecule has 0 radical (unpaired) electrons. The highest BCUT2D eigenvalue weighted by molar-refractivity contribution is 5.97. The van der Waals surface area contributed by atoms with E-state index in [-0.39, 0.29) is 24.5 Å². The zero-order valence-electron chi connectivity index (χ0n) is 15.3. The van der Waals surface area contributed by atoms with Gasteiger partial charge in [-0.2, -0.15) is 5.26 Å². The van der Waals surface area contributed by atoms with E-state index >= 15 is 0 Å². The number of aromatic nitrogens is 1. The lowest BCUT2D eigenvalue weighted by Crippen LogP contribution is -2.17. The molecule has 7 nitrogen and oxygen atoms in total. The Balaban J connectivity index is 2.44. The number of carbonyl (C=O) groups excluding carboxylic acids is 2. The van der Waals surface area contributed by atoms with Gasteiger partial charge in [0.2, 0.25) is 0 Å². The molecule has 1 heterocycles. The van der Waals surface area contributed by atoms with E-state index in [0.29, 0.717) is 11.4 Å². The van der Waals surface area contributed by atoms with Crippen LogP contribution in [0.3, 0.4) is 0 Å². The van der Waals surface area contributed by atoms with Crippen LogP contribution in [-0.4, -0.2) is 30.1 Å². The summed E-state index contributed by atoms with van der Waals surface area (Å²) in [4.78, 5) is 28.8. The van der Waals surface area contributed by atoms with Gasteiger partial charge in [0.05, 0.1) is 13.2 Å². The normalized spacial score (nSPS) is 13.8. The number of fused-ring (bicyclic) bond motifs is 1. The summed E-state index contributed by atoms with van der Waals surface area (Å²) in [5.41, 5.74) is 2.39. The molecule has 0 fully saturated rings.